The number of benzene rings is 1. The van der Waals surface area contributed by atoms with Crippen molar-refractivity contribution >= 4 is 22.9 Å². The fraction of sp³-hybridized carbons (Fsp3) is 0.471. The van der Waals surface area contributed by atoms with Crippen LogP contribution in [-0.4, -0.2) is 26.5 Å². The Bertz CT molecular complexity index is 807. The zero-order chi connectivity index (χ0) is 16.9. The second-order valence-corrected chi connectivity index (χ2v) is 6.86. The number of nitrogens with one attached hydrogen (secondary N) is 1. The maximum Gasteiger partial charge on any atom is 0.307 e. The molecule has 1 saturated carbocycles. The molecule has 0 radical (unpaired) electrons. The van der Waals surface area contributed by atoms with Gasteiger partial charge in [-0.1, -0.05) is 26.0 Å². The highest BCUT2D eigenvalue weighted by atomic mass is 16.4. The Kier molecular flexibility index (Phi) is 3.43. The first-order valence-electron chi connectivity index (χ1n) is 7.66. The lowest BCUT2D eigenvalue weighted by molar-refractivity contribution is -0.140. The number of imidazole rings is 1. The van der Waals surface area contributed by atoms with Crippen molar-refractivity contribution in [3.05, 3.63) is 29.6 Å². The van der Waals surface area contributed by atoms with E-state index in [9.17, 15) is 9.59 Å². The van der Waals surface area contributed by atoms with Crippen molar-refractivity contribution in [3.63, 3.8) is 0 Å². The number of hydrogen-bond acceptors (Lipinski definition) is 3. The van der Waals surface area contributed by atoms with Gasteiger partial charge in [-0.15, -0.1) is 0 Å². The molecular weight excluding hydrogens is 294 g/mol. The molecule has 0 aliphatic heterocycles. The summed E-state index contributed by atoms with van der Waals surface area (Å²) in [4.78, 5) is 28.0. The molecule has 1 aromatic heterocycles. The van der Waals surface area contributed by atoms with Crippen molar-refractivity contribution in [1.29, 1.82) is 0 Å². The van der Waals surface area contributed by atoms with Crippen molar-refractivity contribution in [1.82, 2.24) is 14.9 Å². The number of carboxylic acids is 1. The smallest absolute Gasteiger partial charge is 0.307 e. The summed E-state index contributed by atoms with van der Waals surface area (Å²) in [5.74, 6) is -1.45. The number of aliphatic carboxylic acids is 1. The van der Waals surface area contributed by atoms with E-state index in [1.807, 2.05) is 50.6 Å². The average Bonchev–Trinajstić information content (AvgIpc) is 2.90. The van der Waals surface area contributed by atoms with Gasteiger partial charge in [0, 0.05) is 7.05 Å². The molecule has 1 aliphatic carbocycles. The number of nitrogens with zero attached hydrogens (tertiary/aromatic N) is 2. The van der Waals surface area contributed by atoms with E-state index in [2.05, 4.69) is 10.3 Å². The molecule has 1 aliphatic rings. The van der Waals surface area contributed by atoms with Crippen molar-refractivity contribution in [3.8, 4) is 0 Å². The van der Waals surface area contributed by atoms with Gasteiger partial charge in [0.1, 0.15) is 5.82 Å². The number of carbonyl (C=O) groups is 2. The van der Waals surface area contributed by atoms with Crippen LogP contribution in [0.25, 0.3) is 11.0 Å². The lowest BCUT2D eigenvalue weighted by Gasteiger charge is -2.07. The third-order valence-electron chi connectivity index (χ3n) is 4.99. The summed E-state index contributed by atoms with van der Waals surface area (Å²) < 4.78 is 1.97. The summed E-state index contributed by atoms with van der Waals surface area (Å²) in [5, 5.41) is 12.0. The molecule has 1 aromatic carbocycles. The Morgan fingerprint density at radius 3 is 2.61 bits per heavy atom. The molecule has 6 nitrogen and oxygen atoms in total. The highest BCUT2D eigenvalue weighted by molar-refractivity contribution is 5.91. The molecule has 1 heterocycles. The number of amides is 1. The number of fused-ring (bicyclic) bond motifs is 1. The Labute approximate surface area is 134 Å². The van der Waals surface area contributed by atoms with Crippen LogP contribution in [0.15, 0.2) is 18.2 Å². The third kappa shape index (κ3) is 2.38. The first-order chi connectivity index (χ1) is 10.7. The maximum atomic E-state index is 12.3. The van der Waals surface area contributed by atoms with Crippen LogP contribution in [0.5, 0.6) is 0 Å². The lowest BCUT2D eigenvalue weighted by Crippen LogP contribution is -2.28. The molecule has 0 spiro atoms. The molecule has 2 aromatic rings. The summed E-state index contributed by atoms with van der Waals surface area (Å²) in [7, 11) is 1.92. The van der Waals surface area contributed by atoms with Gasteiger partial charge in [0.05, 0.1) is 29.4 Å². The van der Waals surface area contributed by atoms with E-state index in [0.29, 0.717) is 6.54 Å². The number of carboxylic acid groups (broad SMARTS) is 1. The molecule has 122 valence electrons. The molecule has 1 fully saturated rings. The van der Waals surface area contributed by atoms with Crippen LogP contribution in [0, 0.1) is 24.2 Å². The summed E-state index contributed by atoms with van der Waals surface area (Å²) >= 11 is 0. The molecule has 23 heavy (non-hydrogen) atoms. The van der Waals surface area contributed by atoms with E-state index in [4.69, 9.17) is 5.11 Å². The molecule has 3 rings (SSSR count). The van der Waals surface area contributed by atoms with E-state index < -0.39 is 23.2 Å². The van der Waals surface area contributed by atoms with Gasteiger partial charge < -0.3 is 15.0 Å². The Morgan fingerprint density at radius 2 is 2.04 bits per heavy atom. The van der Waals surface area contributed by atoms with Gasteiger partial charge in [-0.3, -0.25) is 9.59 Å². The fourth-order valence-electron chi connectivity index (χ4n) is 3.54. The zero-order valence-corrected chi connectivity index (χ0v) is 13.8. The second-order valence-electron chi connectivity index (χ2n) is 6.86. The van der Waals surface area contributed by atoms with Crippen LogP contribution in [0.2, 0.25) is 0 Å². The third-order valence-corrected chi connectivity index (χ3v) is 4.99. The van der Waals surface area contributed by atoms with Gasteiger partial charge in [-0.2, -0.15) is 0 Å². The summed E-state index contributed by atoms with van der Waals surface area (Å²) in [6, 6.07) is 5.92. The first kappa shape index (κ1) is 15.5. The van der Waals surface area contributed by atoms with Gasteiger partial charge >= 0.3 is 5.97 Å². The van der Waals surface area contributed by atoms with Crippen molar-refractivity contribution in [2.45, 2.75) is 27.3 Å². The van der Waals surface area contributed by atoms with Gasteiger partial charge in [0.15, 0.2) is 0 Å². The monoisotopic (exact) mass is 315 g/mol. The fourth-order valence-corrected chi connectivity index (χ4v) is 3.54. The molecular formula is C17H21N3O3. The quantitative estimate of drug-likeness (QED) is 0.902. The minimum atomic E-state index is -0.909. The maximum absolute atomic E-state index is 12.3. The van der Waals surface area contributed by atoms with E-state index in [1.54, 1.807) is 0 Å². The van der Waals surface area contributed by atoms with Crippen LogP contribution in [-0.2, 0) is 23.2 Å². The average molecular weight is 315 g/mol. The number of carbonyl (C=O) groups excluding carboxylic acids is 1. The molecule has 6 heteroatoms. The van der Waals surface area contributed by atoms with Crippen molar-refractivity contribution in [2.75, 3.05) is 0 Å². The first-order valence-corrected chi connectivity index (χ1v) is 7.66. The zero-order valence-electron chi connectivity index (χ0n) is 13.8. The highest BCUT2D eigenvalue weighted by Crippen LogP contribution is 2.58. The number of hydrogen-bond donors (Lipinski definition) is 2. The van der Waals surface area contributed by atoms with E-state index in [-0.39, 0.29) is 5.91 Å². The largest absolute Gasteiger partial charge is 0.481 e. The molecule has 2 atom stereocenters. The predicted molar refractivity (Wildman–Crippen MR) is 85.7 cm³/mol. The van der Waals surface area contributed by atoms with Crippen LogP contribution >= 0.6 is 0 Å². The van der Waals surface area contributed by atoms with Crippen LogP contribution in [0.1, 0.15) is 25.2 Å². The van der Waals surface area contributed by atoms with E-state index in [1.165, 1.54) is 0 Å². The van der Waals surface area contributed by atoms with Crippen LogP contribution < -0.4 is 5.32 Å². The normalized spacial score (nSPS) is 22.1. The predicted octanol–water partition coefficient (Wildman–Crippen LogP) is 1.85. The van der Waals surface area contributed by atoms with E-state index >= 15 is 0 Å². The topological polar surface area (TPSA) is 84.2 Å². The van der Waals surface area contributed by atoms with Gasteiger partial charge in [-0.05, 0) is 24.0 Å². The minimum Gasteiger partial charge on any atom is -0.481 e. The molecule has 0 unspecified atom stereocenters. The van der Waals surface area contributed by atoms with Crippen molar-refractivity contribution in [2.24, 2.45) is 24.3 Å². The van der Waals surface area contributed by atoms with Gasteiger partial charge in [0.2, 0.25) is 5.91 Å². The minimum absolute atomic E-state index is 0.217. The number of para-hydroxylation sites is 1. The van der Waals surface area contributed by atoms with Gasteiger partial charge in [-0.25, -0.2) is 4.98 Å². The Hall–Kier alpha value is -2.37. The molecule has 1 amide bonds. The summed E-state index contributed by atoms with van der Waals surface area (Å²) in [6.07, 6.45) is 0. The van der Waals surface area contributed by atoms with Crippen molar-refractivity contribution < 1.29 is 14.7 Å². The number of rotatable bonds is 4. The lowest BCUT2D eigenvalue weighted by atomic mass is 10.1. The second kappa shape index (κ2) is 5.08. The number of aromatic nitrogens is 2. The SMILES string of the molecule is Cc1cccc2nc(CNC(=O)[C@@H]3[C@H](C(=O)O)C3(C)C)n(C)c12. The summed E-state index contributed by atoms with van der Waals surface area (Å²) in [5.41, 5.74) is 2.59. The number of aryl methyl sites for hydroxylation is 2. The molecule has 0 bridgehead atoms. The van der Waals surface area contributed by atoms with Crippen LogP contribution in [0.4, 0.5) is 0 Å². The Balaban J connectivity index is 1.75. The van der Waals surface area contributed by atoms with Gasteiger partial charge in [0.25, 0.3) is 0 Å². The van der Waals surface area contributed by atoms with E-state index in [0.717, 1.165) is 22.4 Å². The highest BCUT2D eigenvalue weighted by Gasteiger charge is 2.65. The summed E-state index contributed by atoms with van der Waals surface area (Å²) in [6.45, 7) is 5.95. The Morgan fingerprint density at radius 1 is 1.35 bits per heavy atom. The van der Waals surface area contributed by atoms with Crippen LogP contribution in [0.3, 0.4) is 0 Å². The molecule has 0 saturated heterocycles. The standard InChI is InChI=1S/C17H21N3O3/c1-9-6-5-7-10-14(9)20(4)11(19-10)8-18-15(21)12-13(16(22)23)17(12,2)3/h5-7,12-13H,8H2,1-4H3,(H,18,21)(H,22,23)/t12-,13+/m0/s1. The molecule has 2 N–H and O–H groups in total.